The first-order valence-electron chi connectivity index (χ1n) is 19.0. The highest BCUT2D eigenvalue weighted by Crippen LogP contribution is 2.46. The first-order valence-corrected chi connectivity index (χ1v) is 19.0. The molecule has 8 rings (SSSR count). The fourth-order valence-electron chi connectivity index (χ4n) is 8.63. The molecule has 0 N–H and O–H groups in total. The van der Waals surface area contributed by atoms with Gasteiger partial charge in [0.05, 0.1) is 5.69 Å². The molecule has 7 heteroatoms. The molecule has 0 spiro atoms. The second kappa shape index (κ2) is 13.8. The predicted molar refractivity (Wildman–Crippen MR) is 210 cm³/mol. The number of rotatable bonds is 14. The van der Waals surface area contributed by atoms with Gasteiger partial charge in [-0.05, 0) is 94.8 Å². The van der Waals surface area contributed by atoms with Crippen LogP contribution >= 0.6 is 0 Å². The van der Waals surface area contributed by atoms with E-state index in [1.165, 1.54) is 54.7 Å². The SMILES string of the molecule is CCCCCCCCCCCCN1C(=O)c2ccc3c4ccc5c6c(ccc(c7ccc(c2c37)C1=O)c64)C(=O)N(c1ccc(CN(C)C)cc1)C5=O. The lowest BCUT2D eigenvalue weighted by atomic mass is 9.82. The van der Waals surface area contributed by atoms with Crippen LogP contribution in [-0.2, 0) is 6.54 Å². The molecule has 0 aliphatic carbocycles. The molecule has 2 aliphatic heterocycles. The summed E-state index contributed by atoms with van der Waals surface area (Å²) < 4.78 is 0. The minimum Gasteiger partial charge on any atom is -0.305 e. The normalized spacial score (nSPS) is 14.5. The number of hydrogen-bond acceptors (Lipinski definition) is 5. The standard InChI is InChI=1S/C45H45N3O4/c1-4-5-6-7-8-9-10-11-12-13-26-47-42(49)34-22-18-30-32-20-24-36-41-37(45(52)48(44(36)51)29-16-14-28(15-17-29)27-46(2)3)25-21-33(39(32)41)31-19-23-35(43(47)50)40(34)38(30)31/h14-25H,4-13,26-27H2,1-3H3. The topological polar surface area (TPSA) is 78.0 Å². The Labute approximate surface area is 304 Å². The molecule has 0 fully saturated rings. The molecule has 0 aromatic heterocycles. The van der Waals surface area contributed by atoms with E-state index >= 15 is 0 Å². The number of unbranched alkanes of at least 4 members (excludes halogenated alkanes) is 9. The Morgan fingerprint density at radius 2 is 0.865 bits per heavy atom. The molecular weight excluding hydrogens is 647 g/mol. The molecule has 0 radical (unpaired) electrons. The van der Waals surface area contributed by atoms with E-state index in [2.05, 4.69) is 11.8 Å². The van der Waals surface area contributed by atoms with Crippen molar-refractivity contribution in [3.05, 3.63) is 101 Å². The Kier molecular flexibility index (Phi) is 9.00. The van der Waals surface area contributed by atoms with Crippen LogP contribution < -0.4 is 4.90 Å². The predicted octanol–water partition coefficient (Wildman–Crippen LogP) is 10.1. The smallest absolute Gasteiger partial charge is 0.265 e. The number of carbonyl (C=O) groups is 4. The molecule has 6 aromatic rings. The molecule has 0 saturated heterocycles. The molecule has 2 heterocycles. The maximum atomic E-state index is 14.1. The van der Waals surface area contributed by atoms with Crippen LogP contribution in [0.25, 0.3) is 43.1 Å². The Morgan fingerprint density at radius 3 is 1.29 bits per heavy atom. The van der Waals surface area contributed by atoms with Gasteiger partial charge >= 0.3 is 0 Å². The summed E-state index contributed by atoms with van der Waals surface area (Å²) >= 11 is 0. The summed E-state index contributed by atoms with van der Waals surface area (Å²) in [6, 6.07) is 22.8. The second-order valence-electron chi connectivity index (χ2n) is 14.9. The van der Waals surface area contributed by atoms with Crippen LogP contribution in [0.5, 0.6) is 0 Å². The number of imide groups is 2. The van der Waals surface area contributed by atoms with Crippen LogP contribution in [0.2, 0.25) is 0 Å². The van der Waals surface area contributed by atoms with E-state index in [4.69, 9.17) is 0 Å². The van der Waals surface area contributed by atoms with Gasteiger partial charge in [0.1, 0.15) is 0 Å². The van der Waals surface area contributed by atoms with Crippen LogP contribution in [0.3, 0.4) is 0 Å². The number of anilines is 1. The summed E-state index contributed by atoms with van der Waals surface area (Å²) in [5, 5.41) is 6.65. The summed E-state index contributed by atoms with van der Waals surface area (Å²) in [6.45, 7) is 3.42. The van der Waals surface area contributed by atoms with Crippen molar-refractivity contribution >= 4 is 72.4 Å². The maximum absolute atomic E-state index is 14.1. The van der Waals surface area contributed by atoms with E-state index in [0.29, 0.717) is 45.3 Å². The van der Waals surface area contributed by atoms with Gasteiger partial charge in [0, 0.05) is 46.1 Å². The van der Waals surface area contributed by atoms with Crippen molar-refractivity contribution in [2.45, 2.75) is 77.7 Å². The molecule has 264 valence electrons. The van der Waals surface area contributed by atoms with Gasteiger partial charge in [-0.1, -0.05) is 101 Å². The van der Waals surface area contributed by atoms with E-state index in [9.17, 15) is 19.2 Å². The van der Waals surface area contributed by atoms with Crippen LogP contribution in [0, 0.1) is 0 Å². The Balaban J connectivity index is 1.11. The van der Waals surface area contributed by atoms with E-state index < -0.39 is 0 Å². The number of nitrogens with zero attached hydrogens (tertiary/aromatic N) is 3. The largest absolute Gasteiger partial charge is 0.305 e. The van der Waals surface area contributed by atoms with Crippen molar-refractivity contribution in [3.8, 4) is 0 Å². The third-order valence-electron chi connectivity index (χ3n) is 11.1. The van der Waals surface area contributed by atoms with Crippen molar-refractivity contribution in [2.24, 2.45) is 0 Å². The molecule has 0 unspecified atom stereocenters. The average Bonchev–Trinajstić information content (AvgIpc) is 3.14. The maximum Gasteiger partial charge on any atom is 0.265 e. The van der Waals surface area contributed by atoms with Gasteiger partial charge < -0.3 is 4.90 Å². The summed E-state index contributed by atoms with van der Waals surface area (Å²) in [4.78, 5) is 60.8. The third-order valence-corrected chi connectivity index (χ3v) is 11.1. The van der Waals surface area contributed by atoms with Crippen LogP contribution in [0.4, 0.5) is 5.69 Å². The van der Waals surface area contributed by atoms with E-state index in [-0.39, 0.29) is 23.6 Å². The molecule has 7 nitrogen and oxygen atoms in total. The monoisotopic (exact) mass is 691 g/mol. The highest BCUT2D eigenvalue weighted by molar-refractivity contribution is 6.43. The zero-order chi connectivity index (χ0) is 36.1. The second-order valence-corrected chi connectivity index (χ2v) is 14.9. The van der Waals surface area contributed by atoms with Gasteiger partial charge in [-0.15, -0.1) is 0 Å². The number of amides is 4. The van der Waals surface area contributed by atoms with E-state index in [1.807, 2.05) is 86.9 Å². The van der Waals surface area contributed by atoms with Crippen molar-refractivity contribution in [1.29, 1.82) is 0 Å². The summed E-state index contributed by atoms with van der Waals surface area (Å²) in [5.41, 5.74) is 3.69. The van der Waals surface area contributed by atoms with Gasteiger partial charge in [-0.2, -0.15) is 0 Å². The summed E-state index contributed by atoms with van der Waals surface area (Å²) in [5.74, 6) is -1.18. The van der Waals surface area contributed by atoms with Gasteiger partial charge in [-0.3, -0.25) is 24.1 Å². The molecular formula is C45H45N3O4. The van der Waals surface area contributed by atoms with Gasteiger partial charge in [-0.25, -0.2) is 4.90 Å². The highest BCUT2D eigenvalue weighted by Gasteiger charge is 2.37. The molecule has 0 atom stereocenters. The van der Waals surface area contributed by atoms with Crippen LogP contribution in [0.1, 0.15) is 118 Å². The number of fused-ring (bicyclic) bond motifs is 2. The van der Waals surface area contributed by atoms with Gasteiger partial charge in [0.25, 0.3) is 23.6 Å². The molecule has 2 aliphatic rings. The zero-order valence-corrected chi connectivity index (χ0v) is 30.4. The number of benzene rings is 6. The molecule has 52 heavy (non-hydrogen) atoms. The quantitative estimate of drug-likeness (QED) is 0.0492. The lowest BCUT2D eigenvalue weighted by Crippen LogP contribution is -2.41. The van der Waals surface area contributed by atoms with Crippen molar-refractivity contribution in [3.63, 3.8) is 0 Å². The highest BCUT2D eigenvalue weighted by atomic mass is 16.2. The van der Waals surface area contributed by atoms with E-state index in [1.54, 1.807) is 0 Å². The lowest BCUT2D eigenvalue weighted by Gasteiger charge is -2.30. The fraction of sp³-hybridized carbons (Fsp3) is 0.333. The molecule has 6 aromatic carbocycles. The Hall–Kier alpha value is -5.14. The number of hydrogen-bond donors (Lipinski definition) is 0. The molecule has 0 saturated carbocycles. The Bertz CT molecular complexity index is 2270. The first-order chi connectivity index (χ1) is 25.3. The van der Waals surface area contributed by atoms with Crippen molar-refractivity contribution in [2.75, 3.05) is 25.5 Å². The summed E-state index contributed by atoms with van der Waals surface area (Å²) in [6.07, 6.45) is 11.9. The van der Waals surface area contributed by atoms with Gasteiger partial charge in [0.15, 0.2) is 0 Å². The lowest BCUT2D eigenvalue weighted by molar-refractivity contribution is 0.0607. The van der Waals surface area contributed by atoms with Gasteiger partial charge in [0.2, 0.25) is 0 Å². The zero-order valence-electron chi connectivity index (χ0n) is 30.4. The third kappa shape index (κ3) is 5.54. The number of carbonyl (C=O) groups excluding carboxylic acids is 4. The minimum absolute atomic E-state index is 0.237. The van der Waals surface area contributed by atoms with Crippen LogP contribution in [0.15, 0.2) is 72.8 Å². The van der Waals surface area contributed by atoms with Crippen molar-refractivity contribution < 1.29 is 19.2 Å². The first kappa shape index (κ1) is 34.0. The molecule has 4 amide bonds. The minimum atomic E-state index is -0.351. The summed E-state index contributed by atoms with van der Waals surface area (Å²) in [7, 11) is 4.00. The van der Waals surface area contributed by atoms with Crippen LogP contribution in [-0.4, -0.2) is 54.1 Å². The fourth-order valence-corrected chi connectivity index (χ4v) is 8.63. The van der Waals surface area contributed by atoms with Crippen molar-refractivity contribution in [1.82, 2.24) is 9.80 Å². The Morgan fingerprint density at radius 1 is 0.462 bits per heavy atom. The van der Waals surface area contributed by atoms with E-state index in [0.717, 1.165) is 63.7 Å². The average molecular weight is 692 g/mol. The molecule has 0 bridgehead atoms.